The molecule has 5 nitrogen and oxygen atoms in total. The zero-order valence-corrected chi connectivity index (χ0v) is 12.7. The van der Waals surface area contributed by atoms with Crippen LogP contribution in [-0.2, 0) is 27.1 Å². The van der Waals surface area contributed by atoms with E-state index in [-0.39, 0.29) is 11.2 Å². The maximum absolute atomic E-state index is 12.1. The van der Waals surface area contributed by atoms with Gasteiger partial charge in [0.1, 0.15) is 0 Å². The fourth-order valence-corrected chi connectivity index (χ4v) is 2.37. The summed E-state index contributed by atoms with van der Waals surface area (Å²) in [6.07, 6.45) is 3.66. The van der Waals surface area contributed by atoms with Crippen molar-refractivity contribution >= 4 is 5.69 Å². The Balaban J connectivity index is 2.25. The Morgan fingerprint density at radius 2 is 1.81 bits per heavy atom. The summed E-state index contributed by atoms with van der Waals surface area (Å²) < 4.78 is 2.56. The largest absolute Gasteiger partial charge is 0.380 e. The van der Waals surface area contributed by atoms with Crippen LogP contribution in [0.25, 0.3) is 0 Å². The van der Waals surface area contributed by atoms with Crippen LogP contribution in [0.5, 0.6) is 0 Å². The Bertz CT molecular complexity index is 744. The molecule has 1 heterocycles. The van der Waals surface area contributed by atoms with Crippen molar-refractivity contribution in [3.8, 4) is 0 Å². The van der Waals surface area contributed by atoms with Gasteiger partial charge in [-0.05, 0) is 18.1 Å². The highest BCUT2D eigenvalue weighted by Crippen LogP contribution is 2.17. The quantitative estimate of drug-likeness (QED) is 0.909. The van der Waals surface area contributed by atoms with E-state index in [2.05, 4.69) is 18.3 Å². The molecule has 1 N–H and O–H groups in total. The third kappa shape index (κ3) is 3.24. The lowest BCUT2D eigenvalue weighted by atomic mass is 10.1. The lowest BCUT2D eigenvalue weighted by Crippen LogP contribution is -2.38. The molecule has 0 aliphatic rings. The number of hydrogen-bond acceptors (Lipinski definition) is 3. The summed E-state index contributed by atoms with van der Waals surface area (Å²) in [4.78, 5) is 23.7. The topological polar surface area (TPSA) is 56.0 Å². The average molecular weight is 287 g/mol. The van der Waals surface area contributed by atoms with Gasteiger partial charge in [0, 0.05) is 32.5 Å². The van der Waals surface area contributed by atoms with E-state index in [1.165, 1.54) is 17.2 Å². The number of nitrogens with zero attached hydrogens (tertiary/aromatic N) is 2. The van der Waals surface area contributed by atoms with E-state index in [9.17, 15) is 9.59 Å². The average Bonchev–Trinajstić information content (AvgIpc) is 2.49. The highest BCUT2D eigenvalue weighted by molar-refractivity contribution is 5.51. The normalized spacial score (nSPS) is 10.6. The van der Waals surface area contributed by atoms with E-state index in [1.54, 1.807) is 13.2 Å². The number of hydrogen-bond donors (Lipinski definition) is 1. The second kappa shape index (κ2) is 6.43. The minimum Gasteiger partial charge on any atom is -0.380 e. The molecule has 0 fully saturated rings. The minimum absolute atomic E-state index is 0.251. The summed E-state index contributed by atoms with van der Waals surface area (Å²) in [5.74, 6) is 0. The first-order valence-electron chi connectivity index (χ1n) is 7.12. The van der Waals surface area contributed by atoms with Crippen LogP contribution in [0.2, 0.25) is 0 Å². The van der Waals surface area contributed by atoms with Crippen LogP contribution in [0.1, 0.15) is 24.5 Å². The van der Waals surface area contributed by atoms with Gasteiger partial charge in [0.05, 0.1) is 5.56 Å². The molecule has 0 bridgehead atoms. The lowest BCUT2D eigenvalue weighted by Gasteiger charge is -2.12. The summed E-state index contributed by atoms with van der Waals surface area (Å²) in [5, 5.41) is 3.30. The van der Waals surface area contributed by atoms with E-state index in [1.807, 2.05) is 18.2 Å². The second-order valence-electron chi connectivity index (χ2n) is 5.17. The molecule has 0 saturated heterocycles. The SMILES string of the molecule is CCCc1ccccc1NCc1cn(C)c(=O)n(C)c1=O. The van der Waals surface area contributed by atoms with Crippen LogP contribution in [0, 0.1) is 0 Å². The number of para-hydroxylation sites is 1. The maximum Gasteiger partial charge on any atom is 0.330 e. The second-order valence-corrected chi connectivity index (χ2v) is 5.17. The van der Waals surface area contributed by atoms with Gasteiger partial charge in [0.15, 0.2) is 0 Å². The maximum atomic E-state index is 12.1. The fourth-order valence-electron chi connectivity index (χ4n) is 2.37. The van der Waals surface area contributed by atoms with E-state index in [0.29, 0.717) is 12.1 Å². The highest BCUT2D eigenvalue weighted by atomic mass is 16.2. The van der Waals surface area contributed by atoms with E-state index >= 15 is 0 Å². The van der Waals surface area contributed by atoms with Gasteiger partial charge in [-0.3, -0.25) is 9.36 Å². The van der Waals surface area contributed by atoms with Crippen LogP contribution < -0.4 is 16.6 Å². The molecule has 0 atom stereocenters. The number of rotatable bonds is 5. The first-order valence-corrected chi connectivity index (χ1v) is 7.12. The number of nitrogens with one attached hydrogen (secondary N) is 1. The summed E-state index contributed by atoms with van der Waals surface area (Å²) >= 11 is 0. The van der Waals surface area contributed by atoms with Crippen molar-refractivity contribution in [3.05, 3.63) is 62.4 Å². The standard InChI is InChI=1S/C16H21N3O2/c1-4-7-12-8-5-6-9-14(12)17-10-13-11-18(2)16(21)19(3)15(13)20/h5-6,8-9,11,17H,4,7,10H2,1-3H3. The Morgan fingerprint density at radius 1 is 1.10 bits per heavy atom. The van der Waals surface area contributed by atoms with Crippen LogP contribution in [0.3, 0.4) is 0 Å². The molecule has 5 heteroatoms. The molecule has 1 aromatic heterocycles. The van der Waals surface area contributed by atoms with Crippen LogP contribution in [0.15, 0.2) is 40.1 Å². The Kier molecular flexibility index (Phi) is 4.62. The first-order chi connectivity index (χ1) is 10.0. The molecule has 0 spiro atoms. The Hall–Kier alpha value is -2.30. The first kappa shape index (κ1) is 15.1. The fraction of sp³-hybridized carbons (Fsp3) is 0.375. The number of aromatic nitrogens is 2. The van der Waals surface area contributed by atoms with E-state index in [0.717, 1.165) is 23.1 Å². The molecule has 2 rings (SSSR count). The van der Waals surface area contributed by atoms with Gasteiger partial charge < -0.3 is 9.88 Å². The molecule has 0 aliphatic carbocycles. The Morgan fingerprint density at radius 3 is 2.52 bits per heavy atom. The summed E-state index contributed by atoms with van der Waals surface area (Å²) in [6.45, 7) is 2.54. The van der Waals surface area contributed by atoms with Crippen molar-refractivity contribution < 1.29 is 0 Å². The molecule has 112 valence electrons. The van der Waals surface area contributed by atoms with Crippen LogP contribution in [0.4, 0.5) is 5.69 Å². The summed E-state index contributed by atoms with van der Waals surface area (Å²) in [5.41, 5.74) is 2.29. The van der Waals surface area contributed by atoms with Gasteiger partial charge in [-0.25, -0.2) is 4.79 Å². The van der Waals surface area contributed by atoms with Crippen molar-refractivity contribution in [2.24, 2.45) is 14.1 Å². The van der Waals surface area contributed by atoms with Crippen molar-refractivity contribution in [3.63, 3.8) is 0 Å². The zero-order valence-electron chi connectivity index (χ0n) is 12.7. The predicted octanol–water partition coefficient (Wildman–Crippen LogP) is 1.65. The third-order valence-corrected chi connectivity index (χ3v) is 3.52. The van der Waals surface area contributed by atoms with Crippen LogP contribution >= 0.6 is 0 Å². The monoisotopic (exact) mass is 287 g/mol. The van der Waals surface area contributed by atoms with Gasteiger partial charge in [-0.15, -0.1) is 0 Å². The van der Waals surface area contributed by atoms with E-state index < -0.39 is 0 Å². The van der Waals surface area contributed by atoms with Gasteiger partial charge in [0.2, 0.25) is 0 Å². The van der Waals surface area contributed by atoms with Crippen molar-refractivity contribution in [2.75, 3.05) is 5.32 Å². The molecule has 0 unspecified atom stereocenters. The number of anilines is 1. The van der Waals surface area contributed by atoms with Crippen molar-refractivity contribution in [1.82, 2.24) is 9.13 Å². The summed E-state index contributed by atoms with van der Waals surface area (Å²) in [6, 6.07) is 8.09. The predicted molar refractivity (Wildman–Crippen MR) is 84.7 cm³/mol. The summed E-state index contributed by atoms with van der Waals surface area (Å²) in [7, 11) is 3.15. The number of benzene rings is 1. The molecule has 21 heavy (non-hydrogen) atoms. The number of aryl methyl sites for hydroxylation is 2. The Labute approximate surface area is 123 Å². The molecular weight excluding hydrogens is 266 g/mol. The molecular formula is C16H21N3O2. The van der Waals surface area contributed by atoms with Gasteiger partial charge in [-0.2, -0.15) is 0 Å². The van der Waals surface area contributed by atoms with Crippen molar-refractivity contribution in [2.45, 2.75) is 26.3 Å². The minimum atomic E-state index is -0.310. The van der Waals surface area contributed by atoms with E-state index in [4.69, 9.17) is 0 Å². The molecule has 2 aromatic rings. The molecule has 0 aliphatic heterocycles. The zero-order chi connectivity index (χ0) is 15.4. The van der Waals surface area contributed by atoms with Crippen molar-refractivity contribution in [1.29, 1.82) is 0 Å². The van der Waals surface area contributed by atoms with Gasteiger partial charge in [0.25, 0.3) is 5.56 Å². The molecule has 1 aromatic carbocycles. The van der Waals surface area contributed by atoms with Gasteiger partial charge >= 0.3 is 5.69 Å². The smallest absolute Gasteiger partial charge is 0.330 e. The third-order valence-electron chi connectivity index (χ3n) is 3.52. The van der Waals surface area contributed by atoms with Gasteiger partial charge in [-0.1, -0.05) is 31.5 Å². The lowest BCUT2D eigenvalue weighted by molar-refractivity contribution is 0.671. The van der Waals surface area contributed by atoms with Crippen LogP contribution in [-0.4, -0.2) is 9.13 Å². The molecule has 0 radical (unpaired) electrons. The highest BCUT2D eigenvalue weighted by Gasteiger charge is 2.07. The molecule has 0 saturated carbocycles. The molecule has 0 amide bonds.